The Labute approximate surface area is 79.5 Å². The van der Waals surface area contributed by atoms with Crippen LogP contribution < -0.4 is 5.32 Å². The fourth-order valence-corrected chi connectivity index (χ4v) is 2.55. The van der Waals surface area contributed by atoms with Gasteiger partial charge in [-0.15, -0.1) is 0 Å². The molecule has 0 aromatic heterocycles. The summed E-state index contributed by atoms with van der Waals surface area (Å²) < 4.78 is 0. The van der Waals surface area contributed by atoms with E-state index in [0.29, 0.717) is 6.04 Å². The molecule has 2 aliphatic heterocycles. The predicted octanol–water partition coefficient (Wildman–Crippen LogP) is 0.402. The van der Waals surface area contributed by atoms with Gasteiger partial charge in [-0.25, -0.2) is 0 Å². The van der Waals surface area contributed by atoms with Crippen molar-refractivity contribution in [3.8, 4) is 0 Å². The highest BCUT2D eigenvalue weighted by Gasteiger charge is 2.30. The SMILES string of the molecule is O=CC1CCCN1C1CCNCC1. The molecule has 74 valence electrons. The molecular formula is C10H18N2O. The number of rotatable bonds is 2. The van der Waals surface area contributed by atoms with Crippen molar-refractivity contribution in [1.82, 2.24) is 10.2 Å². The average Bonchev–Trinajstić information content (AvgIpc) is 2.67. The molecule has 2 fully saturated rings. The number of hydrogen-bond donors (Lipinski definition) is 1. The Morgan fingerprint density at radius 2 is 2.00 bits per heavy atom. The Bertz CT molecular complexity index is 178. The first kappa shape index (κ1) is 9.16. The number of piperidine rings is 1. The molecule has 1 atom stereocenters. The third-order valence-corrected chi connectivity index (χ3v) is 3.28. The second-order valence-electron chi connectivity index (χ2n) is 4.06. The first-order chi connectivity index (χ1) is 6.42. The Morgan fingerprint density at radius 1 is 1.23 bits per heavy atom. The van der Waals surface area contributed by atoms with Crippen LogP contribution in [0, 0.1) is 0 Å². The molecule has 1 N–H and O–H groups in total. The number of carbonyl (C=O) groups is 1. The van der Waals surface area contributed by atoms with E-state index in [1.54, 1.807) is 0 Å². The summed E-state index contributed by atoms with van der Waals surface area (Å²) >= 11 is 0. The standard InChI is InChI=1S/C10H18N2O/c13-8-10-2-1-7-12(10)9-3-5-11-6-4-9/h8-11H,1-7H2. The van der Waals surface area contributed by atoms with Crippen molar-refractivity contribution < 1.29 is 4.79 Å². The van der Waals surface area contributed by atoms with E-state index in [9.17, 15) is 4.79 Å². The molecule has 3 nitrogen and oxygen atoms in total. The lowest BCUT2D eigenvalue weighted by atomic mass is 10.0. The van der Waals surface area contributed by atoms with Gasteiger partial charge in [0, 0.05) is 6.04 Å². The van der Waals surface area contributed by atoms with Gasteiger partial charge in [-0.3, -0.25) is 4.90 Å². The molecule has 0 bridgehead atoms. The van der Waals surface area contributed by atoms with Gasteiger partial charge in [-0.2, -0.15) is 0 Å². The van der Waals surface area contributed by atoms with E-state index < -0.39 is 0 Å². The first-order valence-electron chi connectivity index (χ1n) is 5.33. The zero-order valence-electron chi connectivity index (χ0n) is 8.04. The summed E-state index contributed by atoms with van der Waals surface area (Å²) in [5.41, 5.74) is 0. The van der Waals surface area contributed by atoms with Gasteiger partial charge in [0.1, 0.15) is 6.29 Å². The highest BCUT2D eigenvalue weighted by molar-refractivity contribution is 5.58. The molecule has 2 aliphatic rings. The van der Waals surface area contributed by atoms with Crippen LogP contribution in [0.5, 0.6) is 0 Å². The molecule has 0 aliphatic carbocycles. The Morgan fingerprint density at radius 3 is 2.69 bits per heavy atom. The van der Waals surface area contributed by atoms with Gasteiger partial charge in [-0.05, 0) is 45.3 Å². The molecule has 0 aromatic rings. The quantitative estimate of drug-likeness (QED) is 0.627. The monoisotopic (exact) mass is 182 g/mol. The number of hydrogen-bond acceptors (Lipinski definition) is 3. The van der Waals surface area contributed by atoms with Gasteiger partial charge in [0.05, 0.1) is 6.04 Å². The van der Waals surface area contributed by atoms with Crippen LogP contribution in [-0.2, 0) is 4.79 Å². The molecule has 2 saturated heterocycles. The van der Waals surface area contributed by atoms with Gasteiger partial charge in [0.25, 0.3) is 0 Å². The maximum absolute atomic E-state index is 10.8. The van der Waals surface area contributed by atoms with Crippen molar-refractivity contribution in [2.24, 2.45) is 0 Å². The van der Waals surface area contributed by atoms with Gasteiger partial charge in [-0.1, -0.05) is 0 Å². The Kier molecular flexibility index (Phi) is 2.96. The van der Waals surface area contributed by atoms with Crippen molar-refractivity contribution in [1.29, 1.82) is 0 Å². The van der Waals surface area contributed by atoms with Crippen molar-refractivity contribution in [2.45, 2.75) is 37.8 Å². The second-order valence-corrected chi connectivity index (χ2v) is 4.06. The number of likely N-dealkylation sites (tertiary alicyclic amines) is 1. The molecular weight excluding hydrogens is 164 g/mol. The number of nitrogens with zero attached hydrogens (tertiary/aromatic N) is 1. The fourth-order valence-electron chi connectivity index (χ4n) is 2.55. The first-order valence-corrected chi connectivity index (χ1v) is 5.33. The van der Waals surface area contributed by atoms with Gasteiger partial charge >= 0.3 is 0 Å². The highest BCUT2D eigenvalue weighted by atomic mass is 16.1. The van der Waals surface area contributed by atoms with E-state index in [1.807, 2.05) is 0 Å². The molecule has 0 radical (unpaired) electrons. The normalized spacial score (nSPS) is 32.2. The zero-order valence-corrected chi connectivity index (χ0v) is 8.04. The maximum atomic E-state index is 10.8. The minimum Gasteiger partial charge on any atom is -0.317 e. The molecule has 13 heavy (non-hydrogen) atoms. The number of aldehydes is 1. The van der Waals surface area contributed by atoms with Gasteiger partial charge in [0.15, 0.2) is 0 Å². The lowest BCUT2D eigenvalue weighted by Gasteiger charge is -2.33. The smallest absolute Gasteiger partial charge is 0.137 e. The second kappa shape index (κ2) is 4.20. The molecule has 0 amide bonds. The average molecular weight is 182 g/mol. The summed E-state index contributed by atoms with van der Waals surface area (Å²) in [5.74, 6) is 0. The van der Waals surface area contributed by atoms with Crippen LogP contribution in [0.1, 0.15) is 25.7 Å². The van der Waals surface area contributed by atoms with Crippen molar-refractivity contribution >= 4 is 6.29 Å². The Balaban J connectivity index is 1.93. The van der Waals surface area contributed by atoms with Crippen molar-refractivity contribution in [2.75, 3.05) is 19.6 Å². The minimum absolute atomic E-state index is 0.225. The van der Waals surface area contributed by atoms with Crippen molar-refractivity contribution in [3.63, 3.8) is 0 Å². The van der Waals surface area contributed by atoms with Crippen LogP contribution in [0.25, 0.3) is 0 Å². The summed E-state index contributed by atoms with van der Waals surface area (Å²) in [6.45, 7) is 3.37. The van der Waals surface area contributed by atoms with Crippen LogP contribution in [0.15, 0.2) is 0 Å². The van der Waals surface area contributed by atoms with E-state index >= 15 is 0 Å². The van der Waals surface area contributed by atoms with Gasteiger partial charge < -0.3 is 10.1 Å². The zero-order chi connectivity index (χ0) is 9.10. The van der Waals surface area contributed by atoms with Crippen LogP contribution in [0.2, 0.25) is 0 Å². The summed E-state index contributed by atoms with van der Waals surface area (Å²) in [4.78, 5) is 13.2. The lowest BCUT2D eigenvalue weighted by molar-refractivity contribution is -0.112. The third-order valence-electron chi connectivity index (χ3n) is 3.28. The van der Waals surface area contributed by atoms with Crippen LogP contribution >= 0.6 is 0 Å². The molecule has 0 spiro atoms. The van der Waals surface area contributed by atoms with Gasteiger partial charge in [0.2, 0.25) is 0 Å². The number of nitrogens with one attached hydrogen (secondary N) is 1. The molecule has 2 heterocycles. The fraction of sp³-hybridized carbons (Fsp3) is 0.900. The third kappa shape index (κ3) is 1.92. The predicted molar refractivity (Wildman–Crippen MR) is 51.7 cm³/mol. The van der Waals surface area contributed by atoms with E-state index in [-0.39, 0.29) is 6.04 Å². The number of carbonyl (C=O) groups excluding carboxylic acids is 1. The molecule has 3 heteroatoms. The lowest BCUT2D eigenvalue weighted by Crippen LogP contribution is -2.45. The van der Waals surface area contributed by atoms with Crippen molar-refractivity contribution in [3.05, 3.63) is 0 Å². The molecule has 2 rings (SSSR count). The van der Waals surface area contributed by atoms with Crippen LogP contribution in [-0.4, -0.2) is 42.9 Å². The van der Waals surface area contributed by atoms with E-state index in [2.05, 4.69) is 10.2 Å². The Hall–Kier alpha value is -0.410. The summed E-state index contributed by atoms with van der Waals surface area (Å²) in [6, 6.07) is 0.891. The molecule has 0 aromatic carbocycles. The minimum atomic E-state index is 0.225. The van der Waals surface area contributed by atoms with Crippen LogP contribution in [0.4, 0.5) is 0 Å². The largest absolute Gasteiger partial charge is 0.317 e. The van der Waals surface area contributed by atoms with E-state index in [0.717, 1.165) is 32.3 Å². The topological polar surface area (TPSA) is 32.3 Å². The summed E-state index contributed by atoms with van der Waals surface area (Å²) in [7, 11) is 0. The molecule has 0 saturated carbocycles. The summed E-state index contributed by atoms with van der Waals surface area (Å²) in [6.07, 6.45) is 5.84. The van der Waals surface area contributed by atoms with E-state index in [4.69, 9.17) is 0 Å². The van der Waals surface area contributed by atoms with Crippen LogP contribution in [0.3, 0.4) is 0 Å². The summed E-state index contributed by atoms with van der Waals surface area (Å²) in [5, 5.41) is 3.36. The maximum Gasteiger partial charge on any atom is 0.137 e. The molecule has 1 unspecified atom stereocenters. The van der Waals surface area contributed by atoms with E-state index in [1.165, 1.54) is 19.3 Å². The highest BCUT2D eigenvalue weighted by Crippen LogP contribution is 2.22.